The Balaban J connectivity index is 1.58. The molecule has 43 heavy (non-hydrogen) atoms. The molecule has 0 bridgehead atoms. The summed E-state index contributed by atoms with van der Waals surface area (Å²) in [5, 5.41) is 0. The standard InChI is InChI=1S/C42H32O/c1-7-19-33(20-8-1)41(34-21-9-2-10-22-34,35-23-11-3-12-24-35)39-31-32-40(43-39)42(36-25-13-4-14-26-36,37-27-15-5-16-28-37)38-29-17-6-18-30-38/h1-32H. The van der Waals surface area contributed by atoms with Gasteiger partial charge in [-0.15, -0.1) is 0 Å². The molecule has 1 nitrogen and oxygen atoms in total. The van der Waals surface area contributed by atoms with Crippen LogP contribution in [0.1, 0.15) is 44.9 Å². The maximum atomic E-state index is 7.34. The van der Waals surface area contributed by atoms with E-state index in [-0.39, 0.29) is 0 Å². The normalized spacial score (nSPS) is 11.7. The van der Waals surface area contributed by atoms with Gasteiger partial charge in [0.05, 0.1) is 0 Å². The molecule has 0 fully saturated rings. The van der Waals surface area contributed by atoms with Crippen molar-refractivity contribution >= 4 is 0 Å². The van der Waals surface area contributed by atoms with E-state index in [0.717, 1.165) is 44.9 Å². The van der Waals surface area contributed by atoms with E-state index in [2.05, 4.69) is 194 Å². The molecule has 0 amide bonds. The Bertz CT molecular complexity index is 1540. The fourth-order valence-corrected chi connectivity index (χ4v) is 6.72. The van der Waals surface area contributed by atoms with Crippen LogP contribution < -0.4 is 0 Å². The molecule has 0 N–H and O–H groups in total. The zero-order valence-corrected chi connectivity index (χ0v) is 23.9. The Morgan fingerprint density at radius 3 is 0.605 bits per heavy atom. The average Bonchev–Trinajstić information content (AvgIpc) is 3.59. The Morgan fingerprint density at radius 1 is 0.233 bits per heavy atom. The summed E-state index contributed by atoms with van der Waals surface area (Å²) in [5.41, 5.74) is 5.57. The van der Waals surface area contributed by atoms with Crippen LogP contribution in [0.2, 0.25) is 0 Å². The van der Waals surface area contributed by atoms with Gasteiger partial charge in [0, 0.05) is 0 Å². The van der Waals surface area contributed by atoms with Crippen LogP contribution in [0.15, 0.2) is 199 Å². The molecule has 0 unspecified atom stereocenters. The van der Waals surface area contributed by atoms with Crippen molar-refractivity contribution in [2.75, 3.05) is 0 Å². The van der Waals surface area contributed by atoms with Crippen LogP contribution in [0.25, 0.3) is 0 Å². The van der Waals surface area contributed by atoms with E-state index in [4.69, 9.17) is 4.42 Å². The van der Waals surface area contributed by atoms with E-state index in [1.54, 1.807) is 0 Å². The molecule has 206 valence electrons. The predicted molar refractivity (Wildman–Crippen MR) is 175 cm³/mol. The first-order valence-electron chi connectivity index (χ1n) is 14.8. The molecule has 7 rings (SSSR count). The highest BCUT2D eigenvalue weighted by Gasteiger charge is 2.45. The van der Waals surface area contributed by atoms with E-state index >= 15 is 0 Å². The predicted octanol–water partition coefficient (Wildman–Crippen LogP) is 10.0. The van der Waals surface area contributed by atoms with Gasteiger partial charge in [-0.25, -0.2) is 0 Å². The van der Waals surface area contributed by atoms with E-state index < -0.39 is 10.8 Å². The number of hydrogen-bond donors (Lipinski definition) is 0. The maximum absolute atomic E-state index is 7.34. The zero-order chi connectivity index (χ0) is 29.0. The van der Waals surface area contributed by atoms with Crippen molar-refractivity contribution in [2.45, 2.75) is 10.8 Å². The third kappa shape index (κ3) is 4.42. The summed E-state index contributed by atoms with van der Waals surface area (Å²) in [5.74, 6) is 1.75. The molecule has 0 spiro atoms. The summed E-state index contributed by atoms with van der Waals surface area (Å²) in [6.45, 7) is 0. The molecule has 7 aromatic rings. The monoisotopic (exact) mass is 552 g/mol. The van der Waals surface area contributed by atoms with Gasteiger partial charge < -0.3 is 4.42 Å². The first-order chi connectivity index (χ1) is 21.3. The molecule has 6 aromatic carbocycles. The molecule has 0 radical (unpaired) electrons. The summed E-state index contributed by atoms with van der Waals surface area (Å²) < 4.78 is 7.34. The van der Waals surface area contributed by atoms with Crippen molar-refractivity contribution in [1.29, 1.82) is 0 Å². The van der Waals surface area contributed by atoms with Crippen LogP contribution in [0.4, 0.5) is 0 Å². The molecule has 0 saturated heterocycles. The molecule has 1 aromatic heterocycles. The summed E-state index contributed by atoms with van der Waals surface area (Å²) in [7, 11) is 0. The molecular weight excluding hydrogens is 520 g/mol. The van der Waals surface area contributed by atoms with Crippen LogP contribution in [0, 0.1) is 0 Å². The molecule has 0 aliphatic carbocycles. The number of furan rings is 1. The molecule has 0 aliphatic heterocycles. The Hall–Kier alpha value is -5.40. The van der Waals surface area contributed by atoms with Crippen molar-refractivity contribution in [3.05, 3.63) is 239 Å². The highest BCUT2D eigenvalue weighted by atomic mass is 16.3. The summed E-state index contributed by atoms with van der Waals surface area (Å²) >= 11 is 0. The lowest BCUT2D eigenvalue weighted by Crippen LogP contribution is -2.32. The van der Waals surface area contributed by atoms with Crippen LogP contribution in [0.3, 0.4) is 0 Å². The van der Waals surface area contributed by atoms with Gasteiger partial charge in [0.1, 0.15) is 22.4 Å². The smallest absolute Gasteiger partial charge is 0.123 e. The largest absolute Gasteiger partial charge is 0.463 e. The molecule has 1 heterocycles. The quantitative estimate of drug-likeness (QED) is 0.171. The van der Waals surface area contributed by atoms with E-state index in [1.165, 1.54) is 0 Å². The fourth-order valence-electron chi connectivity index (χ4n) is 6.72. The molecule has 0 aliphatic rings. The van der Waals surface area contributed by atoms with E-state index in [0.29, 0.717) is 0 Å². The third-order valence-electron chi connectivity index (χ3n) is 8.59. The highest BCUT2D eigenvalue weighted by molar-refractivity contribution is 5.61. The van der Waals surface area contributed by atoms with Gasteiger partial charge >= 0.3 is 0 Å². The van der Waals surface area contributed by atoms with Crippen molar-refractivity contribution in [2.24, 2.45) is 0 Å². The fraction of sp³-hybridized carbons (Fsp3) is 0.0476. The van der Waals surface area contributed by atoms with Gasteiger partial charge in [0.25, 0.3) is 0 Å². The van der Waals surface area contributed by atoms with Crippen LogP contribution in [-0.2, 0) is 10.8 Å². The first-order valence-corrected chi connectivity index (χ1v) is 14.8. The van der Waals surface area contributed by atoms with Crippen molar-refractivity contribution in [1.82, 2.24) is 0 Å². The van der Waals surface area contributed by atoms with Crippen LogP contribution in [-0.4, -0.2) is 0 Å². The van der Waals surface area contributed by atoms with Crippen molar-refractivity contribution in [3.8, 4) is 0 Å². The second-order valence-electron chi connectivity index (χ2n) is 10.9. The SMILES string of the molecule is c1ccc(C(c2ccccc2)(c2ccccc2)c2ccc(C(c3ccccc3)(c3ccccc3)c3ccccc3)o2)cc1. The third-order valence-corrected chi connectivity index (χ3v) is 8.59. The minimum atomic E-state index is -0.669. The lowest BCUT2D eigenvalue weighted by molar-refractivity contribution is 0.401. The number of benzene rings is 6. The van der Waals surface area contributed by atoms with Crippen LogP contribution in [0.5, 0.6) is 0 Å². The van der Waals surface area contributed by atoms with E-state index in [1.807, 2.05) is 0 Å². The molecule has 0 atom stereocenters. The second kappa shape index (κ2) is 11.5. The Morgan fingerprint density at radius 2 is 0.419 bits per heavy atom. The minimum Gasteiger partial charge on any atom is -0.463 e. The Labute approximate surface area is 253 Å². The average molecular weight is 553 g/mol. The number of hydrogen-bond acceptors (Lipinski definition) is 1. The number of rotatable bonds is 8. The summed E-state index contributed by atoms with van der Waals surface area (Å²) in [4.78, 5) is 0. The second-order valence-corrected chi connectivity index (χ2v) is 10.9. The van der Waals surface area contributed by atoms with E-state index in [9.17, 15) is 0 Å². The van der Waals surface area contributed by atoms with Crippen molar-refractivity contribution in [3.63, 3.8) is 0 Å². The van der Waals surface area contributed by atoms with Crippen LogP contribution >= 0.6 is 0 Å². The lowest BCUT2D eigenvalue weighted by atomic mass is 9.68. The van der Waals surface area contributed by atoms with Gasteiger partial charge in [-0.1, -0.05) is 182 Å². The molecular formula is C42H32O. The summed E-state index contributed by atoms with van der Waals surface area (Å²) in [6, 6.07) is 68.7. The van der Waals surface area contributed by atoms with Gasteiger partial charge in [0.15, 0.2) is 0 Å². The Kier molecular flexibility index (Phi) is 7.07. The highest BCUT2D eigenvalue weighted by Crippen LogP contribution is 2.50. The molecule has 0 saturated carbocycles. The maximum Gasteiger partial charge on any atom is 0.123 e. The van der Waals surface area contributed by atoms with Gasteiger partial charge in [-0.2, -0.15) is 0 Å². The summed E-state index contributed by atoms with van der Waals surface area (Å²) in [6.07, 6.45) is 0. The van der Waals surface area contributed by atoms with Gasteiger partial charge in [-0.05, 0) is 45.5 Å². The first kappa shape index (κ1) is 26.5. The minimum absolute atomic E-state index is 0.669. The zero-order valence-electron chi connectivity index (χ0n) is 23.9. The van der Waals surface area contributed by atoms with Gasteiger partial charge in [-0.3, -0.25) is 0 Å². The van der Waals surface area contributed by atoms with Gasteiger partial charge in [0.2, 0.25) is 0 Å². The topological polar surface area (TPSA) is 13.1 Å². The van der Waals surface area contributed by atoms with Crippen molar-refractivity contribution < 1.29 is 4.42 Å². The molecule has 1 heteroatoms. The lowest BCUT2D eigenvalue weighted by Gasteiger charge is -2.36.